The van der Waals surface area contributed by atoms with E-state index in [1.54, 1.807) is 27.6 Å². The molecule has 1 aromatic carbocycles. The number of urea groups is 1. The van der Waals surface area contributed by atoms with Crippen molar-refractivity contribution >= 4 is 51.3 Å². The number of rotatable bonds is 6. The van der Waals surface area contributed by atoms with Crippen LogP contribution in [0.3, 0.4) is 0 Å². The van der Waals surface area contributed by atoms with Gasteiger partial charge in [0, 0.05) is 31.9 Å². The van der Waals surface area contributed by atoms with Crippen LogP contribution in [0.25, 0.3) is 32.2 Å². The highest BCUT2D eigenvalue weighted by atomic mass is 32.1. The molecule has 0 spiro atoms. The molecular weight excluding hydrogens is 490 g/mol. The van der Waals surface area contributed by atoms with Gasteiger partial charge in [0.25, 0.3) is 0 Å². The zero-order chi connectivity index (χ0) is 25.1. The van der Waals surface area contributed by atoms with Crippen molar-refractivity contribution in [2.75, 3.05) is 31.5 Å². The Morgan fingerprint density at radius 3 is 2.28 bits per heavy atom. The molecule has 0 radical (unpaired) electrons. The van der Waals surface area contributed by atoms with Gasteiger partial charge >= 0.3 is 6.03 Å². The highest BCUT2D eigenvalue weighted by Crippen LogP contribution is 2.35. The monoisotopic (exact) mass is 519 g/mol. The maximum atomic E-state index is 13.1. The number of hydrogen-bond acceptors (Lipinski definition) is 6. The van der Waals surface area contributed by atoms with Gasteiger partial charge in [-0.25, -0.2) is 14.8 Å². The summed E-state index contributed by atoms with van der Waals surface area (Å²) in [5.74, 6) is -0.00275. The molecule has 4 aromatic rings. The molecular formula is C27H29N5O2S2. The van der Waals surface area contributed by atoms with E-state index in [4.69, 9.17) is 9.97 Å². The molecule has 0 unspecified atom stereocenters. The highest BCUT2D eigenvalue weighted by Gasteiger charge is 2.30. The van der Waals surface area contributed by atoms with E-state index < -0.39 is 0 Å². The topological polar surface area (TPSA) is 78.4 Å². The number of amides is 3. The average molecular weight is 520 g/mol. The van der Waals surface area contributed by atoms with E-state index >= 15 is 0 Å². The third-order valence-corrected chi connectivity index (χ3v) is 8.31. The molecule has 0 bridgehead atoms. The van der Waals surface area contributed by atoms with Gasteiger partial charge in [0.1, 0.15) is 11.4 Å². The second kappa shape index (κ2) is 10.8. The molecule has 1 saturated heterocycles. The van der Waals surface area contributed by atoms with Crippen molar-refractivity contribution in [2.45, 2.75) is 26.7 Å². The zero-order valence-electron chi connectivity index (χ0n) is 20.4. The number of aromatic nitrogens is 2. The maximum Gasteiger partial charge on any atom is 0.321 e. The molecule has 9 heteroatoms. The second-order valence-electron chi connectivity index (χ2n) is 8.80. The van der Waals surface area contributed by atoms with Crippen LogP contribution >= 0.6 is 22.7 Å². The van der Waals surface area contributed by atoms with Crippen LogP contribution in [0.1, 0.15) is 26.7 Å². The summed E-state index contributed by atoms with van der Waals surface area (Å²) in [5, 5.41) is 7.09. The summed E-state index contributed by atoms with van der Waals surface area (Å²) < 4.78 is 0. The molecule has 186 valence electrons. The summed E-state index contributed by atoms with van der Waals surface area (Å²) in [5.41, 5.74) is 3.88. The van der Waals surface area contributed by atoms with Crippen molar-refractivity contribution in [3.05, 3.63) is 53.2 Å². The lowest BCUT2D eigenvalue weighted by Gasteiger charge is -2.34. The van der Waals surface area contributed by atoms with Crippen LogP contribution in [0.4, 0.5) is 10.5 Å². The molecule has 0 saturated carbocycles. The summed E-state index contributed by atoms with van der Waals surface area (Å²) in [7, 11) is 0. The van der Waals surface area contributed by atoms with E-state index in [9.17, 15) is 9.59 Å². The molecule has 1 N–H and O–H groups in total. The standard InChI is InChI=1S/C27H29N5O2S2/c1-3-31(4-2)26(33)18-8-5-13-32(17-18)27(34)28-19-11-12-20-21(16-19)30-25(23-10-7-15-36-23)24(29-20)22-9-6-14-35-22/h6-7,9-12,14-16,18H,3-5,8,13,17H2,1-2H3,(H,28,34)/t18-/m1/s1. The van der Waals surface area contributed by atoms with Gasteiger partial charge in [0.05, 0.1) is 26.7 Å². The Kier molecular flexibility index (Phi) is 7.29. The van der Waals surface area contributed by atoms with Crippen LogP contribution in [0, 0.1) is 5.92 Å². The fourth-order valence-electron chi connectivity index (χ4n) is 4.66. The molecule has 1 fully saturated rings. The number of likely N-dealkylation sites (tertiary alicyclic amines) is 1. The normalized spacial score (nSPS) is 15.7. The van der Waals surface area contributed by atoms with Gasteiger partial charge in [0.2, 0.25) is 5.91 Å². The predicted molar refractivity (Wildman–Crippen MR) is 147 cm³/mol. The minimum Gasteiger partial charge on any atom is -0.343 e. The van der Waals surface area contributed by atoms with E-state index in [0.717, 1.165) is 45.0 Å². The molecule has 0 aliphatic carbocycles. The Hall–Kier alpha value is -3.30. The molecule has 1 atom stereocenters. The zero-order valence-corrected chi connectivity index (χ0v) is 22.1. The third kappa shape index (κ3) is 4.99. The Labute approximate surface area is 218 Å². The van der Waals surface area contributed by atoms with Crippen LogP contribution in [0.2, 0.25) is 0 Å². The molecule has 4 heterocycles. The summed E-state index contributed by atoms with van der Waals surface area (Å²) in [4.78, 5) is 41.6. The molecule has 1 aliphatic rings. The van der Waals surface area contributed by atoms with Crippen molar-refractivity contribution in [1.29, 1.82) is 0 Å². The van der Waals surface area contributed by atoms with Crippen molar-refractivity contribution in [2.24, 2.45) is 5.92 Å². The van der Waals surface area contributed by atoms with Crippen LogP contribution < -0.4 is 5.32 Å². The van der Waals surface area contributed by atoms with Crippen LogP contribution in [-0.4, -0.2) is 57.9 Å². The summed E-state index contributed by atoms with van der Waals surface area (Å²) in [6.45, 7) is 6.46. The summed E-state index contributed by atoms with van der Waals surface area (Å²) >= 11 is 3.27. The predicted octanol–water partition coefficient (Wildman–Crippen LogP) is 6.20. The minimum atomic E-state index is -0.187. The fourth-order valence-corrected chi connectivity index (χ4v) is 6.09. The number of nitrogens with one attached hydrogen (secondary N) is 1. The number of carbonyl (C=O) groups is 2. The quantitative estimate of drug-likeness (QED) is 0.329. The molecule has 36 heavy (non-hydrogen) atoms. The first kappa shape index (κ1) is 24.4. The molecule has 7 nitrogen and oxygen atoms in total. The molecule has 3 amide bonds. The van der Waals surface area contributed by atoms with Gasteiger partial charge in [-0.1, -0.05) is 12.1 Å². The van der Waals surface area contributed by atoms with E-state index in [2.05, 4.69) is 17.4 Å². The van der Waals surface area contributed by atoms with Gasteiger partial charge in [0.15, 0.2) is 0 Å². The minimum absolute atomic E-state index is 0.140. The Balaban J connectivity index is 1.38. The van der Waals surface area contributed by atoms with E-state index in [0.29, 0.717) is 31.9 Å². The van der Waals surface area contributed by atoms with E-state index in [1.165, 1.54) is 0 Å². The molecule has 3 aromatic heterocycles. The maximum absolute atomic E-state index is 13.1. The number of benzene rings is 1. The number of piperidine rings is 1. The molecule has 5 rings (SSSR count). The number of hydrogen-bond donors (Lipinski definition) is 1. The number of nitrogens with zero attached hydrogens (tertiary/aromatic N) is 4. The average Bonchev–Trinajstić information content (AvgIpc) is 3.63. The van der Waals surface area contributed by atoms with Crippen LogP contribution in [-0.2, 0) is 4.79 Å². The van der Waals surface area contributed by atoms with Crippen molar-refractivity contribution < 1.29 is 9.59 Å². The number of anilines is 1. The van der Waals surface area contributed by atoms with Gasteiger partial charge < -0.3 is 15.1 Å². The van der Waals surface area contributed by atoms with E-state index in [1.807, 2.05) is 59.8 Å². The number of carbonyl (C=O) groups excluding carboxylic acids is 2. The van der Waals surface area contributed by atoms with Crippen LogP contribution in [0.5, 0.6) is 0 Å². The lowest BCUT2D eigenvalue weighted by Crippen LogP contribution is -2.47. The van der Waals surface area contributed by atoms with Crippen molar-refractivity contribution in [3.8, 4) is 21.1 Å². The first-order valence-corrected chi connectivity index (χ1v) is 14.1. The number of fused-ring (bicyclic) bond motifs is 1. The Bertz CT molecular complexity index is 1350. The Morgan fingerprint density at radius 2 is 1.67 bits per heavy atom. The highest BCUT2D eigenvalue weighted by molar-refractivity contribution is 7.14. The third-order valence-electron chi connectivity index (χ3n) is 6.56. The van der Waals surface area contributed by atoms with Gasteiger partial charge in [-0.2, -0.15) is 0 Å². The van der Waals surface area contributed by atoms with Gasteiger partial charge in [-0.3, -0.25) is 4.79 Å². The van der Waals surface area contributed by atoms with Crippen LogP contribution in [0.15, 0.2) is 53.2 Å². The lowest BCUT2D eigenvalue weighted by molar-refractivity contribution is -0.136. The van der Waals surface area contributed by atoms with Crippen molar-refractivity contribution in [3.63, 3.8) is 0 Å². The summed E-state index contributed by atoms with van der Waals surface area (Å²) in [6.07, 6.45) is 1.65. The summed E-state index contributed by atoms with van der Waals surface area (Å²) in [6, 6.07) is 13.6. The number of thiophene rings is 2. The second-order valence-corrected chi connectivity index (χ2v) is 10.7. The smallest absolute Gasteiger partial charge is 0.321 e. The first-order chi connectivity index (χ1) is 17.6. The van der Waals surface area contributed by atoms with Crippen molar-refractivity contribution in [1.82, 2.24) is 19.8 Å². The molecule has 1 aliphatic heterocycles. The largest absolute Gasteiger partial charge is 0.343 e. The fraction of sp³-hybridized carbons (Fsp3) is 0.333. The SMILES string of the molecule is CCN(CC)C(=O)[C@@H]1CCCN(C(=O)Nc2ccc3nc(-c4cccs4)c(-c4cccs4)nc3c2)C1. The van der Waals surface area contributed by atoms with Gasteiger partial charge in [-0.05, 0) is 67.8 Å². The lowest BCUT2D eigenvalue weighted by atomic mass is 9.96. The van der Waals surface area contributed by atoms with E-state index in [-0.39, 0.29) is 17.9 Å². The Morgan fingerprint density at radius 1 is 1.00 bits per heavy atom. The van der Waals surface area contributed by atoms with Gasteiger partial charge in [-0.15, -0.1) is 22.7 Å². The first-order valence-electron chi connectivity index (χ1n) is 12.3.